The van der Waals surface area contributed by atoms with E-state index < -0.39 is 16.1 Å². The fourth-order valence-electron chi connectivity index (χ4n) is 3.59. The Morgan fingerprint density at radius 2 is 1.58 bits per heavy atom. The van der Waals surface area contributed by atoms with E-state index in [4.69, 9.17) is 4.74 Å². The van der Waals surface area contributed by atoms with Gasteiger partial charge in [0.2, 0.25) is 15.9 Å². The molecule has 1 fully saturated rings. The minimum absolute atomic E-state index is 0.209. The van der Waals surface area contributed by atoms with Crippen LogP contribution in [0.5, 0.6) is 11.5 Å². The lowest BCUT2D eigenvalue weighted by Gasteiger charge is -2.23. The van der Waals surface area contributed by atoms with Gasteiger partial charge in [0.15, 0.2) is 0 Å². The highest BCUT2D eigenvalue weighted by Crippen LogP contribution is 2.28. The number of para-hydroxylation sites is 1. The van der Waals surface area contributed by atoms with Crippen LogP contribution in [-0.2, 0) is 14.8 Å². The third-order valence-electron chi connectivity index (χ3n) is 5.23. The van der Waals surface area contributed by atoms with Gasteiger partial charge < -0.3 is 10.1 Å². The zero-order valence-electron chi connectivity index (χ0n) is 17.2. The number of carbonyl (C=O) groups is 1. The quantitative estimate of drug-likeness (QED) is 0.614. The van der Waals surface area contributed by atoms with Crippen molar-refractivity contribution >= 4 is 21.6 Å². The Hall–Kier alpha value is -3.16. The lowest BCUT2D eigenvalue weighted by Crippen LogP contribution is -2.43. The molecule has 3 aromatic rings. The Balaban J connectivity index is 1.44. The average Bonchev–Trinajstić information content (AvgIpc) is 3.27. The van der Waals surface area contributed by atoms with Crippen LogP contribution in [0, 0.1) is 6.92 Å². The number of carbonyl (C=O) groups excluding carboxylic acids is 1. The number of nitrogens with one attached hydrogen (secondary N) is 1. The molecule has 0 bridgehead atoms. The summed E-state index contributed by atoms with van der Waals surface area (Å²) in [6.07, 6.45) is 1.14. The zero-order valence-corrected chi connectivity index (χ0v) is 18.0. The minimum atomic E-state index is -3.73. The van der Waals surface area contributed by atoms with E-state index in [0.29, 0.717) is 30.8 Å². The second-order valence-corrected chi connectivity index (χ2v) is 9.41. The maximum atomic E-state index is 13.1. The van der Waals surface area contributed by atoms with Crippen molar-refractivity contribution in [3.63, 3.8) is 0 Å². The second-order valence-electron chi connectivity index (χ2n) is 7.52. The molecule has 1 saturated heterocycles. The van der Waals surface area contributed by atoms with Crippen LogP contribution in [0.1, 0.15) is 18.4 Å². The van der Waals surface area contributed by atoms with Crippen LogP contribution in [0.2, 0.25) is 0 Å². The summed E-state index contributed by atoms with van der Waals surface area (Å²) < 4.78 is 33.2. The monoisotopic (exact) mass is 436 g/mol. The highest BCUT2D eigenvalue weighted by atomic mass is 32.2. The predicted octanol–water partition coefficient (Wildman–Crippen LogP) is 4.58. The summed E-state index contributed by atoms with van der Waals surface area (Å²) in [5.74, 6) is 1.04. The lowest BCUT2D eigenvalue weighted by atomic mass is 10.2. The van der Waals surface area contributed by atoms with Gasteiger partial charge in [-0.05, 0) is 68.3 Å². The first-order valence-electron chi connectivity index (χ1n) is 10.2. The van der Waals surface area contributed by atoms with Gasteiger partial charge in [0.1, 0.15) is 17.5 Å². The van der Waals surface area contributed by atoms with Crippen LogP contribution < -0.4 is 10.1 Å². The van der Waals surface area contributed by atoms with E-state index in [-0.39, 0.29) is 10.8 Å². The van der Waals surface area contributed by atoms with Gasteiger partial charge in [0.05, 0.1) is 4.90 Å². The van der Waals surface area contributed by atoms with E-state index in [1.165, 1.54) is 4.31 Å². The van der Waals surface area contributed by atoms with Crippen molar-refractivity contribution in [2.45, 2.75) is 30.7 Å². The largest absolute Gasteiger partial charge is 0.457 e. The number of aryl methyl sites for hydroxylation is 1. The number of nitrogens with zero attached hydrogens (tertiary/aromatic N) is 1. The summed E-state index contributed by atoms with van der Waals surface area (Å²) >= 11 is 0. The first kappa shape index (κ1) is 21.1. The fraction of sp³-hybridized carbons (Fsp3) is 0.208. The van der Waals surface area contributed by atoms with Crippen molar-refractivity contribution < 1.29 is 17.9 Å². The van der Waals surface area contributed by atoms with Gasteiger partial charge in [-0.15, -0.1) is 0 Å². The van der Waals surface area contributed by atoms with Crippen LogP contribution >= 0.6 is 0 Å². The SMILES string of the molecule is Cc1ccc(S(=O)(=O)N2CCC[C@H]2C(=O)Nc2ccc(Oc3ccccc3)cc2)cc1. The minimum Gasteiger partial charge on any atom is -0.457 e. The second kappa shape index (κ2) is 8.91. The number of anilines is 1. The van der Waals surface area contributed by atoms with Gasteiger partial charge in [0.25, 0.3) is 0 Å². The number of hydrogen-bond donors (Lipinski definition) is 1. The molecule has 0 aromatic heterocycles. The zero-order chi connectivity index (χ0) is 21.8. The first-order valence-corrected chi connectivity index (χ1v) is 11.6. The molecule has 1 amide bonds. The van der Waals surface area contributed by atoms with E-state index in [1.807, 2.05) is 37.3 Å². The Labute approximate surface area is 182 Å². The maximum absolute atomic E-state index is 13.1. The van der Waals surface area contributed by atoms with Gasteiger partial charge in [0, 0.05) is 12.2 Å². The molecule has 1 aliphatic heterocycles. The maximum Gasteiger partial charge on any atom is 0.243 e. The molecule has 1 aliphatic rings. The molecular formula is C24H24N2O4S. The molecule has 0 saturated carbocycles. The van der Waals surface area contributed by atoms with Crippen molar-refractivity contribution in [3.8, 4) is 11.5 Å². The van der Waals surface area contributed by atoms with E-state index in [2.05, 4.69) is 5.32 Å². The number of benzene rings is 3. The van der Waals surface area contributed by atoms with Crippen molar-refractivity contribution in [3.05, 3.63) is 84.4 Å². The molecule has 0 unspecified atom stereocenters. The van der Waals surface area contributed by atoms with Gasteiger partial charge in [-0.3, -0.25) is 4.79 Å². The highest BCUT2D eigenvalue weighted by molar-refractivity contribution is 7.89. The van der Waals surface area contributed by atoms with Crippen molar-refractivity contribution in [1.82, 2.24) is 4.31 Å². The average molecular weight is 437 g/mol. The van der Waals surface area contributed by atoms with Crippen LogP contribution in [-0.4, -0.2) is 31.2 Å². The number of amides is 1. The van der Waals surface area contributed by atoms with Crippen molar-refractivity contribution in [1.29, 1.82) is 0 Å². The van der Waals surface area contributed by atoms with Crippen LogP contribution in [0.3, 0.4) is 0 Å². The van der Waals surface area contributed by atoms with Crippen molar-refractivity contribution in [2.75, 3.05) is 11.9 Å². The number of rotatable bonds is 6. The Kier molecular flexibility index (Phi) is 6.06. The Morgan fingerprint density at radius 1 is 0.935 bits per heavy atom. The lowest BCUT2D eigenvalue weighted by molar-refractivity contribution is -0.119. The predicted molar refractivity (Wildman–Crippen MR) is 120 cm³/mol. The smallest absolute Gasteiger partial charge is 0.243 e. The van der Waals surface area contributed by atoms with Crippen LogP contribution in [0.25, 0.3) is 0 Å². The molecule has 7 heteroatoms. The van der Waals surface area contributed by atoms with E-state index >= 15 is 0 Å². The molecule has 1 heterocycles. The fourth-order valence-corrected chi connectivity index (χ4v) is 5.25. The third-order valence-corrected chi connectivity index (χ3v) is 7.16. The van der Waals surface area contributed by atoms with Crippen LogP contribution in [0.15, 0.2) is 83.8 Å². The Bertz CT molecular complexity index is 1140. The summed E-state index contributed by atoms with van der Waals surface area (Å²) in [5, 5.41) is 2.84. The molecule has 6 nitrogen and oxygen atoms in total. The van der Waals surface area contributed by atoms with Gasteiger partial charge in [-0.2, -0.15) is 4.31 Å². The summed E-state index contributed by atoms with van der Waals surface area (Å²) in [4.78, 5) is 13.1. The molecule has 1 atom stereocenters. The topological polar surface area (TPSA) is 75.7 Å². The number of ether oxygens (including phenoxy) is 1. The molecule has 3 aromatic carbocycles. The molecular weight excluding hydrogens is 412 g/mol. The van der Waals surface area contributed by atoms with E-state index in [9.17, 15) is 13.2 Å². The van der Waals surface area contributed by atoms with Gasteiger partial charge in [-0.25, -0.2) is 8.42 Å². The summed E-state index contributed by atoms with van der Waals surface area (Å²) in [6, 6.07) is 22.4. The normalized spacial score (nSPS) is 16.7. The van der Waals surface area contributed by atoms with Gasteiger partial charge >= 0.3 is 0 Å². The van der Waals surface area contributed by atoms with Gasteiger partial charge in [-0.1, -0.05) is 35.9 Å². The molecule has 0 aliphatic carbocycles. The summed E-state index contributed by atoms with van der Waals surface area (Å²) in [6.45, 7) is 2.23. The van der Waals surface area contributed by atoms with Crippen molar-refractivity contribution in [2.24, 2.45) is 0 Å². The molecule has 1 N–H and O–H groups in total. The van der Waals surface area contributed by atoms with Crippen LogP contribution in [0.4, 0.5) is 5.69 Å². The Morgan fingerprint density at radius 3 is 2.26 bits per heavy atom. The highest BCUT2D eigenvalue weighted by Gasteiger charge is 2.39. The molecule has 160 valence electrons. The molecule has 4 rings (SSSR count). The number of hydrogen-bond acceptors (Lipinski definition) is 4. The first-order chi connectivity index (χ1) is 14.9. The number of sulfonamides is 1. The molecule has 0 spiro atoms. The third kappa shape index (κ3) is 4.78. The molecule has 31 heavy (non-hydrogen) atoms. The van der Waals surface area contributed by atoms with E-state index in [1.54, 1.807) is 48.5 Å². The van der Waals surface area contributed by atoms with E-state index in [0.717, 1.165) is 11.3 Å². The summed E-state index contributed by atoms with van der Waals surface area (Å²) in [7, 11) is -3.73. The standard InChI is InChI=1S/C24H24N2O4S/c1-18-9-15-22(16-10-18)31(28,29)26-17-5-8-23(26)24(27)25-19-11-13-21(14-12-19)30-20-6-3-2-4-7-20/h2-4,6-7,9-16,23H,5,8,17H2,1H3,(H,25,27)/t23-/m0/s1. The summed E-state index contributed by atoms with van der Waals surface area (Å²) in [5.41, 5.74) is 1.57. The molecule has 0 radical (unpaired) electrons.